The van der Waals surface area contributed by atoms with E-state index in [4.69, 9.17) is 16.3 Å². The van der Waals surface area contributed by atoms with Crippen LogP contribution in [0.25, 0.3) is 0 Å². The van der Waals surface area contributed by atoms with E-state index >= 15 is 0 Å². The van der Waals surface area contributed by atoms with Crippen LogP contribution in [0.2, 0.25) is 5.02 Å². The molecule has 0 amide bonds. The van der Waals surface area contributed by atoms with Crippen molar-refractivity contribution in [3.8, 4) is 0 Å². The van der Waals surface area contributed by atoms with E-state index in [0.29, 0.717) is 12.2 Å². The molecule has 0 atom stereocenters. The van der Waals surface area contributed by atoms with E-state index in [1.165, 1.54) is 5.56 Å². The number of halogens is 2. The van der Waals surface area contributed by atoms with Crippen LogP contribution in [-0.2, 0) is 16.1 Å². The highest BCUT2D eigenvalue weighted by atomic mass is 35.5. The Bertz CT molecular complexity index is 473. The van der Waals surface area contributed by atoms with Gasteiger partial charge in [-0.1, -0.05) is 30.3 Å². The number of likely N-dealkylation sites (N-methyl/N-ethyl adjacent to an activating group) is 1. The summed E-state index contributed by atoms with van der Waals surface area (Å²) in [5.74, 6) is -0.331. The van der Waals surface area contributed by atoms with E-state index in [1.54, 1.807) is 6.92 Å². The highest BCUT2D eigenvalue weighted by Crippen LogP contribution is 2.14. The average Bonchev–Trinajstić information content (AvgIpc) is 2.27. The molecule has 0 radical (unpaired) electrons. The molecule has 0 aliphatic carbocycles. The Kier molecular flexibility index (Phi) is 7.87. The van der Waals surface area contributed by atoms with Gasteiger partial charge in [-0.15, -0.1) is 0 Å². The van der Waals surface area contributed by atoms with Gasteiger partial charge in [0.15, 0.2) is 0 Å². The van der Waals surface area contributed by atoms with Gasteiger partial charge in [0.1, 0.15) is 19.7 Å². The van der Waals surface area contributed by atoms with Crippen LogP contribution in [0.1, 0.15) is 12.5 Å². The van der Waals surface area contributed by atoms with E-state index in [-0.39, 0.29) is 18.4 Å². The second kappa shape index (κ2) is 8.30. The Labute approximate surface area is 132 Å². The summed E-state index contributed by atoms with van der Waals surface area (Å²) in [6, 6.07) is 7.81. The van der Waals surface area contributed by atoms with Crippen LogP contribution >= 0.6 is 11.6 Å². The predicted octanol–water partition coefficient (Wildman–Crippen LogP) is 0.0397. The molecule has 0 heterocycles. The van der Waals surface area contributed by atoms with Gasteiger partial charge in [0.2, 0.25) is 0 Å². The van der Waals surface area contributed by atoms with Crippen LogP contribution in [-0.4, -0.2) is 37.7 Å². The minimum absolute atomic E-state index is 0. The number of esters is 1. The zero-order valence-corrected chi connectivity index (χ0v) is 13.7. The van der Waals surface area contributed by atoms with Crippen molar-refractivity contribution in [2.75, 3.05) is 27.2 Å². The maximum absolute atomic E-state index is 11.3. The molecular weight excluding hydrogens is 297 g/mol. The van der Waals surface area contributed by atoms with Gasteiger partial charge in [0.05, 0.1) is 14.1 Å². The molecule has 20 heavy (non-hydrogen) atoms. The predicted molar refractivity (Wildman–Crippen MR) is 77.9 cm³/mol. The fraction of sp³-hybridized carbons (Fsp3) is 0.400. The number of benzene rings is 1. The van der Waals surface area contributed by atoms with Gasteiger partial charge in [-0.2, -0.15) is 0 Å². The number of hydrogen-bond acceptors (Lipinski definition) is 2. The normalized spacial score (nSPS) is 10.6. The first-order chi connectivity index (χ1) is 8.80. The number of hydrogen-bond donors (Lipinski definition) is 0. The lowest BCUT2D eigenvalue weighted by molar-refractivity contribution is -0.903. The molecular formula is C15H21Cl2NO2. The zero-order chi connectivity index (χ0) is 14.5. The SMILES string of the molecule is C=C(C)C(=O)OCC[N+](C)(C)Cc1cccc(Cl)c1.[Cl-]. The summed E-state index contributed by atoms with van der Waals surface area (Å²) < 4.78 is 5.85. The summed E-state index contributed by atoms with van der Waals surface area (Å²) >= 11 is 5.97. The third-order valence-electron chi connectivity index (χ3n) is 2.78. The van der Waals surface area contributed by atoms with Gasteiger partial charge in [-0.3, -0.25) is 0 Å². The Balaban J connectivity index is 0.00000361. The van der Waals surface area contributed by atoms with Crippen LogP contribution in [0.4, 0.5) is 0 Å². The Hall–Kier alpha value is -1.03. The molecule has 112 valence electrons. The minimum atomic E-state index is -0.331. The van der Waals surface area contributed by atoms with Crippen molar-refractivity contribution in [3.63, 3.8) is 0 Å². The quantitative estimate of drug-likeness (QED) is 0.421. The lowest BCUT2D eigenvalue weighted by Crippen LogP contribution is -3.00. The van der Waals surface area contributed by atoms with Crippen molar-refractivity contribution in [2.24, 2.45) is 0 Å². The number of carbonyl (C=O) groups is 1. The highest BCUT2D eigenvalue weighted by molar-refractivity contribution is 6.30. The summed E-state index contributed by atoms with van der Waals surface area (Å²) in [5.41, 5.74) is 1.60. The highest BCUT2D eigenvalue weighted by Gasteiger charge is 2.17. The molecule has 0 saturated heterocycles. The Morgan fingerprint density at radius 1 is 1.40 bits per heavy atom. The molecule has 0 saturated carbocycles. The van der Waals surface area contributed by atoms with Crippen molar-refractivity contribution >= 4 is 17.6 Å². The Morgan fingerprint density at radius 2 is 2.05 bits per heavy atom. The van der Waals surface area contributed by atoms with Gasteiger partial charge >= 0.3 is 5.97 Å². The minimum Gasteiger partial charge on any atom is -1.00 e. The molecule has 0 aromatic heterocycles. The van der Waals surface area contributed by atoms with Crippen molar-refractivity contribution in [1.82, 2.24) is 0 Å². The summed E-state index contributed by atoms with van der Waals surface area (Å²) in [5, 5.41) is 0.742. The molecule has 1 aromatic rings. The fourth-order valence-corrected chi connectivity index (χ4v) is 1.93. The standard InChI is InChI=1S/C15H21ClNO2.ClH/c1-12(2)15(18)19-9-8-17(3,4)11-13-6-5-7-14(16)10-13;/h5-7,10H,1,8-9,11H2,2-4H3;1H/q+1;/p-1. The first kappa shape index (κ1) is 19.0. The average molecular weight is 318 g/mol. The maximum atomic E-state index is 11.3. The van der Waals surface area contributed by atoms with Crippen LogP contribution < -0.4 is 12.4 Å². The van der Waals surface area contributed by atoms with Crippen molar-refractivity contribution < 1.29 is 26.4 Å². The fourth-order valence-electron chi connectivity index (χ4n) is 1.72. The molecule has 0 unspecified atom stereocenters. The number of carbonyl (C=O) groups excluding carboxylic acids is 1. The molecule has 1 rings (SSSR count). The number of quaternary nitrogens is 1. The van der Waals surface area contributed by atoms with Gasteiger partial charge in [-0.05, 0) is 19.1 Å². The number of nitrogens with zero attached hydrogens (tertiary/aromatic N) is 1. The van der Waals surface area contributed by atoms with E-state index in [0.717, 1.165) is 22.6 Å². The van der Waals surface area contributed by atoms with Crippen LogP contribution in [0.15, 0.2) is 36.4 Å². The zero-order valence-electron chi connectivity index (χ0n) is 12.2. The molecule has 3 nitrogen and oxygen atoms in total. The lowest BCUT2D eigenvalue weighted by atomic mass is 10.2. The molecule has 0 aliphatic rings. The van der Waals surface area contributed by atoms with Gasteiger partial charge in [0, 0.05) is 16.2 Å². The summed E-state index contributed by atoms with van der Waals surface area (Å²) in [6.45, 7) is 7.17. The molecule has 1 aromatic carbocycles. The smallest absolute Gasteiger partial charge is 0.333 e. The molecule has 0 aliphatic heterocycles. The van der Waals surface area contributed by atoms with Crippen LogP contribution in [0.3, 0.4) is 0 Å². The third-order valence-corrected chi connectivity index (χ3v) is 3.01. The van der Waals surface area contributed by atoms with Gasteiger partial charge in [0.25, 0.3) is 0 Å². The van der Waals surface area contributed by atoms with E-state index < -0.39 is 0 Å². The second-order valence-corrected chi connectivity index (χ2v) is 5.80. The Morgan fingerprint density at radius 3 is 2.60 bits per heavy atom. The maximum Gasteiger partial charge on any atom is 0.333 e. The number of rotatable bonds is 6. The monoisotopic (exact) mass is 317 g/mol. The summed E-state index contributed by atoms with van der Waals surface area (Å²) in [6.07, 6.45) is 0. The molecule has 0 fully saturated rings. The topological polar surface area (TPSA) is 26.3 Å². The molecule has 5 heteroatoms. The van der Waals surface area contributed by atoms with E-state index in [9.17, 15) is 4.79 Å². The van der Waals surface area contributed by atoms with Gasteiger partial charge in [-0.25, -0.2) is 4.79 Å². The lowest BCUT2D eigenvalue weighted by Gasteiger charge is -2.29. The van der Waals surface area contributed by atoms with Crippen LogP contribution in [0.5, 0.6) is 0 Å². The van der Waals surface area contributed by atoms with Crippen LogP contribution in [0, 0.1) is 0 Å². The van der Waals surface area contributed by atoms with Gasteiger partial charge < -0.3 is 21.6 Å². The molecule has 0 spiro atoms. The van der Waals surface area contributed by atoms with E-state index in [2.05, 4.69) is 20.7 Å². The van der Waals surface area contributed by atoms with Crippen molar-refractivity contribution in [2.45, 2.75) is 13.5 Å². The summed E-state index contributed by atoms with van der Waals surface area (Å²) in [4.78, 5) is 11.3. The third kappa shape index (κ3) is 6.94. The summed E-state index contributed by atoms with van der Waals surface area (Å²) in [7, 11) is 4.19. The molecule has 0 N–H and O–H groups in total. The first-order valence-electron chi connectivity index (χ1n) is 6.19. The van der Waals surface area contributed by atoms with E-state index in [1.807, 2.05) is 24.3 Å². The largest absolute Gasteiger partial charge is 1.00 e. The number of ether oxygens (including phenoxy) is 1. The first-order valence-corrected chi connectivity index (χ1v) is 6.57. The molecule has 0 bridgehead atoms. The van der Waals surface area contributed by atoms with Crippen molar-refractivity contribution in [1.29, 1.82) is 0 Å². The second-order valence-electron chi connectivity index (χ2n) is 5.36. The van der Waals surface area contributed by atoms with Crippen molar-refractivity contribution in [3.05, 3.63) is 47.0 Å².